The van der Waals surface area contributed by atoms with E-state index in [0.717, 1.165) is 38.5 Å². The molecule has 0 aliphatic heterocycles. The van der Waals surface area contributed by atoms with Crippen molar-refractivity contribution < 1.29 is 15.0 Å². The highest BCUT2D eigenvalue weighted by Crippen LogP contribution is 2.17. The minimum absolute atomic E-state index is 0.0729. The van der Waals surface area contributed by atoms with Crippen LogP contribution < -0.4 is 5.32 Å². The SMILES string of the molecule is CCCCCCCCCCCCCC/C=C\CCCCCCCCCCCCCCCCCCC(=O)NC(CO)C(O)/C=C/CC/C=C/CC/C=C/CCCCCCCCCCCCCCCCC. The van der Waals surface area contributed by atoms with Crippen LogP contribution in [0.1, 0.15) is 341 Å². The van der Waals surface area contributed by atoms with Crippen molar-refractivity contribution >= 4 is 5.91 Å². The van der Waals surface area contributed by atoms with Crippen LogP contribution in [0.25, 0.3) is 0 Å². The van der Waals surface area contributed by atoms with Crippen molar-refractivity contribution in [3.63, 3.8) is 0 Å². The Bertz CT molecular complexity index is 1090. The third-order valence-corrected chi connectivity index (χ3v) is 14.5. The van der Waals surface area contributed by atoms with Crippen molar-refractivity contribution in [2.45, 2.75) is 353 Å². The van der Waals surface area contributed by atoms with Gasteiger partial charge in [-0.1, -0.05) is 313 Å². The Morgan fingerprint density at radius 2 is 0.565 bits per heavy atom. The van der Waals surface area contributed by atoms with Crippen molar-refractivity contribution in [3.8, 4) is 0 Å². The number of unbranched alkanes of at least 4 members (excludes halogenated alkanes) is 45. The molecule has 0 spiro atoms. The van der Waals surface area contributed by atoms with Gasteiger partial charge in [0.05, 0.1) is 18.8 Å². The molecule has 0 rings (SSSR count). The summed E-state index contributed by atoms with van der Waals surface area (Å²) in [6.45, 7) is 4.33. The van der Waals surface area contributed by atoms with Crippen LogP contribution >= 0.6 is 0 Å². The third-order valence-electron chi connectivity index (χ3n) is 14.5. The Balaban J connectivity index is 3.50. The third kappa shape index (κ3) is 57.1. The second-order valence-corrected chi connectivity index (χ2v) is 21.5. The second-order valence-electron chi connectivity index (χ2n) is 21.5. The molecular weight excluding hydrogens is 843 g/mol. The van der Waals surface area contributed by atoms with E-state index in [9.17, 15) is 15.0 Å². The Labute approximate surface area is 433 Å². The number of carbonyl (C=O) groups excluding carboxylic acids is 1. The van der Waals surface area contributed by atoms with E-state index in [-0.39, 0.29) is 12.5 Å². The summed E-state index contributed by atoms with van der Waals surface area (Å²) >= 11 is 0. The number of nitrogens with one attached hydrogen (secondary N) is 1. The predicted octanol–water partition coefficient (Wildman–Crippen LogP) is 21.0. The monoisotopic (exact) mass is 966 g/mol. The van der Waals surface area contributed by atoms with Gasteiger partial charge in [0.25, 0.3) is 0 Å². The zero-order valence-electron chi connectivity index (χ0n) is 46.8. The van der Waals surface area contributed by atoms with Gasteiger partial charge in [-0.2, -0.15) is 0 Å². The fourth-order valence-electron chi connectivity index (χ4n) is 9.74. The lowest BCUT2D eigenvalue weighted by molar-refractivity contribution is -0.123. The van der Waals surface area contributed by atoms with Crippen molar-refractivity contribution in [2.24, 2.45) is 0 Å². The van der Waals surface area contributed by atoms with Crippen LogP contribution in [0.15, 0.2) is 48.6 Å². The number of allylic oxidation sites excluding steroid dienone is 7. The van der Waals surface area contributed by atoms with Crippen LogP contribution in [0, 0.1) is 0 Å². The Hall–Kier alpha value is -1.65. The molecular formula is C65H123NO3. The maximum atomic E-state index is 12.5. The largest absolute Gasteiger partial charge is 0.394 e. The van der Waals surface area contributed by atoms with Crippen LogP contribution in [0.4, 0.5) is 0 Å². The molecule has 2 atom stereocenters. The van der Waals surface area contributed by atoms with Gasteiger partial charge >= 0.3 is 0 Å². The van der Waals surface area contributed by atoms with Gasteiger partial charge in [-0.15, -0.1) is 0 Å². The molecule has 69 heavy (non-hydrogen) atoms. The highest BCUT2D eigenvalue weighted by atomic mass is 16.3. The zero-order valence-corrected chi connectivity index (χ0v) is 46.8. The van der Waals surface area contributed by atoms with Gasteiger partial charge in [0.2, 0.25) is 5.91 Å². The molecule has 3 N–H and O–H groups in total. The zero-order chi connectivity index (χ0) is 49.9. The number of hydrogen-bond acceptors (Lipinski definition) is 3. The summed E-state index contributed by atoms with van der Waals surface area (Å²) in [7, 11) is 0. The van der Waals surface area contributed by atoms with Crippen molar-refractivity contribution in [3.05, 3.63) is 48.6 Å². The van der Waals surface area contributed by atoms with Crippen molar-refractivity contribution in [1.29, 1.82) is 0 Å². The molecule has 0 aromatic carbocycles. The lowest BCUT2D eigenvalue weighted by Crippen LogP contribution is -2.45. The molecule has 0 aliphatic carbocycles. The average molecular weight is 967 g/mol. The summed E-state index contributed by atoms with van der Waals surface area (Å²) in [6.07, 6.45) is 84.5. The Morgan fingerprint density at radius 3 is 0.841 bits per heavy atom. The molecule has 4 heteroatoms. The van der Waals surface area contributed by atoms with E-state index >= 15 is 0 Å². The molecule has 0 aromatic heterocycles. The Kier molecular flexibility index (Phi) is 59.2. The van der Waals surface area contributed by atoms with Crippen molar-refractivity contribution in [2.75, 3.05) is 6.61 Å². The van der Waals surface area contributed by atoms with E-state index in [1.165, 1.54) is 283 Å². The summed E-state index contributed by atoms with van der Waals surface area (Å²) in [5, 5.41) is 23.2. The van der Waals surface area contributed by atoms with Gasteiger partial charge in [-0.25, -0.2) is 0 Å². The van der Waals surface area contributed by atoms with Crippen LogP contribution in [0.5, 0.6) is 0 Å². The van der Waals surface area contributed by atoms with Crippen LogP contribution in [-0.4, -0.2) is 34.9 Å². The Morgan fingerprint density at radius 1 is 0.333 bits per heavy atom. The number of rotatable bonds is 58. The first-order valence-electron chi connectivity index (χ1n) is 31.4. The molecule has 0 aliphatic rings. The first kappa shape index (κ1) is 67.3. The number of amides is 1. The van der Waals surface area contributed by atoms with Crippen molar-refractivity contribution in [1.82, 2.24) is 5.32 Å². The van der Waals surface area contributed by atoms with Gasteiger partial charge in [0, 0.05) is 6.42 Å². The summed E-state index contributed by atoms with van der Waals surface area (Å²) in [6, 6.07) is -0.647. The lowest BCUT2D eigenvalue weighted by atomic mass is 10.0. The second kappa shape index (κ2) is 60.7. The van der Waals surface area contributed by atoms with Gasteiger partial charge in [0.15, 0.2) is 0 Å². The van der Waals surface area contributed by atoms with E-state index < -0.39 is 12.1 Å². The first-order chi connectivity index (χ1) is 34.2. The minimum atomic E-state index is -0.871. The number of carbonyl (C=O) groups is 1. The van der Waals surface area contributed by atoms with Gasteiger partial charge in [-0.3, -0.25) is 4.79 Å². The topological polar surface area (TPSA) is 69.6 Å². The van der Waals surface area contributed by atoms with E-state index in [4.69, 9.17) is 0 Å². The summed E-state index contributed by atoms with van der Waals surface area (Å²) in [5.74, 6) is -0.0729. The molecule has 0 aromatic rings. The fraction of sp³-hybridized carbons (Fsp3) is 0.862. The molecule has 4 nitrogen and oxygen atoms in total. The van der Waals surface area contributed by atoms with Crippen LogP contribution in [-0.2, 0) is 4.79 Å². The van der Waals surface area contributed by atoms with Crippen LogP contribution in [0.2, 0.25) is 0 Å². The predicted molar refractivity (Wildman–Crippen MR) is 308 cm³/mol. The lowest BCUT2D eigenvalue weighted by Gasteiger charge is -2.19. The van der Waals surface area contributed by atoms with Crippen LogP contribution in [0.3, 0.4) is 0 Å². The summed E-state index contributed by atoms with van der Waals surface area (Å²) in [4.78, 5) is 12.5. The van der Waals surface area contributed by atoms with E-state index in [1.807, 2.05) is 6.08 Å². The molecule has 0 fully saturated rings. The standard InChI is InChI=1S/C65H123NO3/c1-3-5-7-9-11-13-15-17-19-21-23-25-27-29-30-31-32-33-34-35-37-39-41-43-45-47-49-51-53-55-57-59-61-65(69)66-63(62-67)64(68)60-58-56-54-52-50-48-46-44-42-40-38-36-28-26-24-22-20-18-16-14-12-10-8-6-4-2/h29-30,42,44,50,52,58,60,63-64,67-68H,3-28,31-41,43,45-49,51,53-57,59,61-62H2,1-2H3,(H,66,69)/b30-29-,44-42+,52-50+,60-58+. The minimum Gasteiger partial charge on any atom is -0.394 e. The quantitative estimate of drug-likeness (QED) is 0.0420. The van der Waals surface area contributed by atoms with Gasteiger partial charge < -0.3 is 15.5 Å². The number of hydrogen-bond donors (Lipinski definition) is 3. The molecule has 406 valence electrons. The normalized spacial score (nSPS) is 13.0. The van der Waals surface area contributed by atoms with E-state index in [0.29, 0.717) is 6.42 Å². The summed E-state index contributed by atoms with van der Waals surface area (Å²) in [5.41, 5.74) is 0. The molecule has 0 bridgehead atoms. The summed E-state index contributed by atoms with van der Waals surface area (Å²) < 4.78 is 0. The average Bonchev–Trinajstić information content (AvgIpc) is 3.35. The highest BCUT2D eigenvalue weighted by Gasteiger charge is 2.18. The fourth-order valence-corrected chi connectivity index (χ4v) is 9.74. The van der Waals surface area contributed by atoms with E-state index in [1.54, 1.807) is 6.08 Å². The maximum Gasteiger partial charge on any atom is 0.220 e. The molecule has 1 amide bonds. The molecule has 0 saturated heterocycles. The smallest absolute Gasteiger partial charge is 0.220 e. The van der Waals surface area contributed by atoms with Gasteiger partial charge in [-0.05, 0) is 70.6 Å². The first-order valence-corrected chi connectivity index (χ1v) is 31.4. The molecule has 2 unspecified atom stereocenters. The maximum absolute atomic E-state index is 12.5. The van der Waals surface area contributed by atoms with Gasteiger partial charge in [0.1, 0.15) is 0 Å². The molecule has 0 heterocycles. The number of aliphatic hydroxyl groups excluding tert-OH is 2. The molecule has 0 saturated carbocycles. The van der Waals surface area contributed by atoms with E-state index in [2.05, 4.69) is 55.6 Å². The molecule has 0 radical (unpaired) electrons. The highest BCUT2D eigenvalue weighted by molar-refractivity contribution is 5.76. The number of aliphatic hydroxyl groups is 2.